The van der Waals surface area contributed by atoms with E-state index in [1.807, 2.05) is 57.5 Å². The maximum atomic E-state index is 12.5. The summed E-state index contributed by atoms with van der Waals surface area (Å²) in [4.78, 5) is 20.9. The number of amides is 1. The highest BCUT2D eigenvalue weighted by atomic mass is 32.2. The maximum absolute atomic E-state index is 12.5. The smallest absolute Gasteiger partial charge is 0.410 e. The molecule has 6 heterocycles. The summed E-state index contributed by atoms with van der Waals surface area (Å²) in [7, 11) is 0. The summed E-state index contributed by atoms with van der Waals surface area (Å²) in [6, 6.07) is 4.08. The van der Waals surface area contributed by atoms with Crippen LogP contribution in [-0.2, 0) is 23.7 Å². The van der Waals surface area contributed by atoms with Crippen LogP contribution in [0, 0.1) is 0 Å². The molecule has 2 aromatic heterocycles. The zero-order valence-corrected chi connectivity index (χ0v) is 23.7. The standard InChI is InChI=1S/C26H37N5O6S/c1-24(2,3)37-23(32)30-13-26(14-30)12-29(9-10-33-26)11-18-20-21(36-25(4,5)35-20)19(34-18)16-7-8-17-22(38-6)27-15-28-31(16)17/h7-8,15,18-21H,9-14H2,1-6H3/t18-,19+,20-,21+/m1/s1. The van der Waals surface area contributed by atoms with Gasteiger partial charge < -0.3 is 28.6 Å². The number of aromatic nitrogens is 3. The molecule has 11 nitrogen and oxygen atoms in total. The van der Waals surface area contributed by atoms with Crippen LogP contribution >= 0.6 is 11.8 Å². The van der Waals surface area contributed by atoms with Gasteiger partial charge >= 0.3 is 6.09 Å². The number of rotatable bonds is 4. The Bertz CT molecular complexity index is 1210. The average molecular weight is 548 g/mol. The lowest BCUT2D eigenvalue weighted by atomic mass is 9.92. The van der Waals surface area contributed by atoms with E-state index in [2.05, 4.69) is 15.0 Å². The molecule has 2 aromatic rings. The number of thioether (sulfide) groups is 1. The van der Waals surface area contributed by atoms with Crippen LogP contribution in [0.2, 0.25) is 0 Å². The Hall–Kier alpha value is -1.96. The summed E-state index contributed by atoms with van der Waals surface area (Å²) >= 11 is 1.59. The number of hydrogen-bond acceptors (Lipinski definition) is 10. The largest absolute Gasteiger partial charge is 0.444 e. The van der Waals surface area contributed by atoms with Crippen molar-refractivity contribution in [1.82, 2.24) is 24.4 Å². The zero-order valence-electron chi connectivity index (χ0n) is 22.9. The van der Waals surface area contributed by atoms with Crippen molar-refractivity contribution in [2.75, 3.05) is 45.6 Å². The second kappa shape index (κ2) is 9.31. The van der Waals surface area contributed by atoms with Crippen molar-refractivity contribution in [3.63, 3.8) is 0 Å². The fourth-order valence-electron chi connectivity index (χ4n) is 6.00. The van der Waals surface area contributed by atoms with Gasteiger partial charge in [-0.1, -0.05) is 0 Å². The lowest BCUT2D eigenvalue weighted by Gasteiger charge is -2.53. The first-order chi connectivity index (χ1) is 18.0. The molecule has 38 heavy (non-hydrogen) atoms. The first-order valence-electron chi connectivity index (χ1n) is 13.2. The van der Waals surface area contributed by atoms with Crippen LogP contribution in [0.4, 0.5) is 4.79 Å². The molecule has 0 radical (unpaired) electrons. The van der Waals surface area contributed by atoms with Gasteiger partial charge in [0.2, 0.25) is 0 Å². The fourth-order valence-corrected chi connectivity index (χ4v) is 6.52. The molecule has 6 rings (SSSR count). The molecule has 208 valence electrons. The molecule has 1 amide bonds. The van der Waals surface area contributed by atoms with Gasteiger partial charge in [0.15, 0.2) is 5.79 Å². The number of carbonyl (C=O) groups is 1. The third-order valence-electron chi connectivity index (χ3n) is 7.46. The molecule has 12 heteroatoms. The first-order valence-corrected chi connectivity index (χ1v) is 14.4. The summed E-state index contributed by atoms with van der Waals surface area (Å²) in [5.74, 6) is -0.698. The summed E-state index contributed by atoms with van der Waals surface area (Å²) in [5.41, 5.74) is 0.993. The van der Waals surface area contributed by atoms with E-state index >= 15 is 0 Å². The van der Waals surface area contributed by atoms with Gasteiger partial charge in [-0.25, -0.2) is 14.3 Å². The average Bonchev–Trinajstić information content (AvgIpc) is 3.47. The molecular weight excluding hydrogens is 510 g/mol. The van der Waals surface area contributed by atoms with Gasteiger partial charge in [-0.05, 0) is 53.0 Å². The Morgan fingerprint density at radius 3 is 2.68 bits per heavy atom. The Morgan fingerprint density at radius 1 is 1.18 bits per heavy atom. The predicted octanol–water partition coefficient (Wildman–Crippen LogP) is 2.73. The van der Waals surface area contributed by atoms with Crippen molar-refractivity contribution < 1.29 is 28.5 Å². The van der Waals surface area contributed by atoms with Crippen LogP contribution in [0.5, 0.6) is 0 Å². The molecule has 0 aliphatic carbocycles. The summed E-state index contributed by atoms with van der Waals surface area (Å²) in [6.07, 6.45) is 2.34. The fraction of sp³-hybridized carbons (Fsp3) is 0.731. The second-order valence-electron chi connectivity index (χ2n) is 12.1. The number of morpholine rings is 1. The van der Waals surface area contributed by atoms with Crippen LogP contribution in [0.25, 0.3) is 5.52 Å². The molecule has 0 N–H and O–H groups in total. The maximum Gasteiger partial charge on any atom is 0.410 e. The van der Waals surface area contributed by atoms with Crippen molar-refractivity contribution in [1.29, 1.82) is 0 Å². The highest BCUT2D eigenvalue weighted by Gasteiger charge is 2.57. The van der Waals surface area contributed by atoms with E-state index in [0.29, 0.717) is 26.2 Å². The topological polar surface area (TPSA) is 99.9 Å². The van der Waals surface area contributed by atoms with Crippen LogP contribution in [0.3, 0.4) is 0 Å². The number of fused-ring (bicyclic) bond motifs is 2. The van der Waals surface area contributed by atoms with E-state index in [4.69, 9.17) is 23.7 Å². The van der Waals surface area contributed by atoms with Crippen molar-refractivity contribution in [2.24, 2.45) is 0 Å². The SMILES string of the molecule is CSc1ncnn2c([C@@H]3O[C@H](CN4CCOC5(C4)CN(C(=O)OC(C)(C)C)C5)[C@H]4OC(C)(C)O[C@H]43)ccc12. The van der Waals surface area contributed by atoms with Gasteiger partial charge in [0.05, 0.1) is 30.9 Å². The minimum Gasteiger partial charge on any atom is -0.444 e. The van der Waals surface area contributed by atoms with E-state index in [1.165, 1.54) is 0 Å². The molecule has 0 bridgehead atoms. The van der Waals surface area contributed by atoms with Crippen molar-refractivity contribution in [2.45, 2.75) is 81.0 Å². The molecule has 4 aliphatic rings. The van der Waals surface area contributed by atoms with Gasteiger partial charge in [-0.3, -0.25) is 4.90 Å². The lowest BCUT2D eigenvalue weighted by molar-refractivity contribution is -0.200. The molecule has 4 atom stereocenters. The van der Waals surface area contributed by atoms with E-state index in [1.54, 1.807) is 23.0 Å². The third-order valence-corrected chi connectivity index (χ3v) is 8.16. The number of nitrogens with zero attached hydrogens (tertiary/aromatic N) is 5. The van der Waals surface area contributed by atoms with Gasteiger partial charge in [-0.15, -0.1) is 11.8 Å². The van der Waals surface area contributed by atoms with E-state index in [9.17, 15) is 4.79 Å². The summed E-state index contributed by atoms with van der Waals surface area (Å²) in [6.45, 7) is 13.4. The predicted molar refractivity (Wildman–Crippen MR) is 139 cm³/mol. The number of ether oxygens (including phenoxy) is 5. The van der Waals surface area contributed by atoms with Crippen LogP contribution in [0.15, 0.2) is 23.5 Å². The Labute approximate surface area is 227 Å². The lowest BCUT2D eigenvalue weighted by Crippen LogP contribution is -2.71. The van der Waals surface area contributed by atoms with Crippen molar-refractivity contribution in [3.8, 4) is 0 Å². The Balaban J connectivity index is 1.16. The van der Waals surface area contributed by atoms with Gasteiger partial charge in [0, 0.05) is 19.6 Å². The Kier molecular flexibility index (Phi) is 6.44. The normalized spacial score (nSPS) is 30.5. The van der Waals surface area contributed by atoms with Crippen LogP contribution in [0.1, 0.15) is 46.4 Å². The Morgan fingerprint density at radius 2 is 1.95 bits per heavy atom. The first kappa shape index (κ1) is 26.3. The molecular formula is C26H37N5O6S. The van der Waals surface area contributed by atoms with Crippen molar-refractivity contribution >= 4 is 23.4 Å². The monoisotopic (exact) mass is 547 g/mol. The zero-order chi connectivity index (χ0) is 26.9. The van der Waals surface area contributed by atoms with E-state index in [-0.39, 0.29) is 36.1 Å². The number of hydrogen-bond donors (Lipinski definition) is 0. The minimum atomic E-state index is -0.698. The minimum absolute atomic E-state index is 0.184. The van der Waals surface area contributed by atoms with E-state index < -0.39 is 11.4 Å². The summed E-state index contributed by atoms with van der Waals surface area (Å²) in [5, 5.41) is 5.43. The number of carbonyl (C=O) groups excluding carboxylic acids is 1. The molecule has 4 saturated heterocycles. The quantitative estimate of drug-likeness (QED) is 0.531. The van der Waals surface area contributed by atoms with Crippen LogP contribution in [-0.4, -0.2) is 111 Å². The molecule has 4 aliphatic heterocycles. The van der Waals surface area contributed by atoms with E-state index in [0.717, 1.165) is 29.3 Å². The highest BCUT2D eigenvalue weighted by molar-refractivity contribution is 7.98. The van der Waals surface area contributed by atoms with Gasteiger partial charge in [0.1, 0.15) is 47.0 Å². The molecule has 1 spiro atoms. The van der Waals surface area contributed by atoms with Gasteiger partial charge in [0.25, 0.3) is 0 Å². The highest BCUT2D eigenvalue weighted by Crippen LogP contribution is 2.46. The summed E-state index contributed by atoms with van der Waals surface area (Å²) < 4.78 is 33.0. The molecule has 0 aromatic carbocycles. The van der Waals surface area contributed by atoms with Crippen LogP contribution < -0.4 is 0 Å². The van der Waals surface area contributed by atoms with Gasteiger partial charge in [-0.2, -0.15) is 5.10 Å². The molecule has 0 saturated carbocycles. The molecule has 4 fully saturated rings. The number of likely N-dealkylation sites (tertiary alicyclic amines) is 1. The third kappa shape index (κ3) is 4.79. The van der Waals surface area contributed by atoms with Crippen molar-refractivity contribution in [3.05, 3.63) is 24.2 Å². The molecule has 0 unspecified atom stereocenters. The second-order valence-corrected chi connectivity index (χ2v) is 12.9.